The highest BCUT2D eigenvalue weighted by Crippen LogP contribution is 2.40. The molecule has 2 aromatic carbocycles. The van der Waals surface area contributed by atoms with E-state index in [2.05, 4.69) is 27.5 Å². The van der Waals surface area contributed by atoms with Crippen molar-refractivity contribution >= 4 is 23.1 Å². The predicted molar refractivity (Wildman–Crippen MR) is 115 cm³/mol. The van der Waals surface area contributed by atoms with Gasteiger partial charge in [-0.25, -0.2) is 4.98 Å². The Kier molecular flexibility index (Phi) is 5.74. The van der Waals surface area contributed by atoms with Crippen LogP contribution in [0.3, 0.4) is 0 Å². The van der Waals surface area contributed by atoms with Gasteiger partial charge in [-0.15, -0.1) is 0 Å². The number of rotatable bonds is 8. The van der Waals surface area contributed by atoms with Crippen molar-refractivity contribution in [1.82, 2.24) is 9.97 Å². The van der Waals surface area contributed by atoms with Gasteiger partial charge in [0.05, 0.1) is 19.4 Å². The van der Waals surface area contributed by atoms with E-state index in [0.29, 0.717) is 41.4 Å². The molecule has 0 atom stereocenters. The number of methoxy groups -OCH3 is 1. The molecule has 1 aliphatic rings. The number of fused-ring (bicyclic) bond motifs is 1. The molecule has 0 aliphatic carbocycles. The Labute approximate surface area is 175 Å². The van der Waals surface area contributed by atoms with Crippen LogP contribution in [0.1, 0.15) is 18.9 Å². The smallest absolute Gasteiger partial charge is 0.231 e. The van der Waals surface area contributed by atoms with Crippen LogP contribution >= 0.6 is 0 Å². The standard InChI is InChI=1S/C22H24N4O4/c1-4-10-28-17-9-8-15(11-19(17)27-3)24-22-23-12-14(2)21(26-22)25-16-6-5-7-18-20(16)30-13-29-18/h5-9,11-12H,4,10,13H2,1-3H3,(H2,23,24,25,26). The van der Waals surface area contributed by atoms with Crippen LogP contribution in [0, 0.1) is 6.92 Å². The molecule has 8 nitrogen and oxygen atoms in total. The van der Waals surface area contributed by atoms with Gasteiger partial charge in [-0.05, 0) is 37.6 Å². The summed E-state index contributed by atoms with van der Waals surface area (Å²) >= 11 is 0. The summed E-state index contributed by atoms with van der Waals surface area (Å²) in [7, 11) is 1.62. The average Bonchev–Trinajstić information content (AvgIpc) is 3.25. The van der Waals surface area contributed by atoms with Gasteiger partial charge in [0.1, 0.15) is 5.82 Å². The zero-order valence-electron chi connectivity index (χ0n) is 17.2. The van der Waals surface area contributed by atoms with Crippen LogP contribution in [-0.2, 0) is 0 Å². The normalized spacial score (nSPS) is 11.8. The predicted octanol–water partition coefficient (Wildman–Crippen LogP) is 4.80. The molecule has 30 heavy (non-hydrogen) atoms. The zero-order valence-corrected chi connectivity index (χ0v) is 17.2. The van der Waals surface area contributed by atoms with Crippen molar-refractivity contribution in [1.29, 1.82) is 0 Å². The van der Waals surface area contributed by atoms with Gasteiger partial charge < -0.3 is 29.6 Å². The number of para-hydroxylation sites is 1. The Balaban J connectivity index is 1.55. The fourth-order valence-corrected chi connectivity index (χ4v) is 2.99. The second kappa shape index (κ2) is 8.77. The molecular weight excluding hydrogens is 384 g/mol. The van der Waals surface area contributed by atoms with Crippen molar-refractivity contribution in [3.8, 4) is 23.0 Å². The summed E-state index contributed by atoms with van der Waals surface area (Å²) in [5.74, 6) is 3.87. The van der Waals surface area contributed by atoms with Gasteiger partial charge in [-0.1, -0.05) is 13.0 Å². The molecule has 0 radical (unpaired) electrons. The Morgan fingerprint density at radius 2 is 2.00 bits per heavy atom. The van der Waals surface area contributed by atoms with E-state index in [1.807, 2.05) is 43.3 Å². The maximum Gasteiger partial charge on any atom is 0.231 e. The summed E-state index contributed by atoms with van der Waals surface area (Å²) in [6.45, 7) is 4.85. The molecule has 2 N–H and O–H groups in total. The van der Waals surface area contributed by atoms with Gasteiger partial charge >= 0.3 is 0 Å². The molecule has 0 bridgehead atoms. The molecule has 0 saturated heterocycles. The largest absolute Gasteiger partial charge is 0.493 e. The van der Waals surface area contributed by atoms with Crippen LogP contribution in [0.5, 0.6) is 23.0 Å². The molecule has 0 saturated carbocycles. The monoisotopic (exact) mass is 408 g/mol. The first-order valence-electron chi connectivity index (χ1n) is 9.75. The van der Waals surface area contributed by atoms with Gasteiger partial charge in [0.25, 0.3) is 0 Å². The lowest BCUT2D eigenvalue weighted by Gasteiger charge is -2.14. The summed E-state index contributed by atoms with van der Waals surface area (Å²) in [6.07, 6.45) is 2.69. The van der Waals surface area contributed by atoms with Crippen LogP contribution in [0.25, 0.3) is 0 Å². The zero-order chi connectivity index (χ0) is 20.9. The second-order valence-electron chi connectivity index (χ2n) is 6.73. The lowest BCUT2D eigenvalue weighted by molar-refractivity contribution is 0.174. The number of hydrogen-bond acceptors (Lipinski definition) is 8. The summed E-state index contributed by atoms with van der Waals surface area (Å²) in [6, 6.07) is 11.3. The van der Waals surface area contributed by atoms with Crippen molar-refractivity contribution in [2.45, 2.75) is 20.3 Å². The third-order valence-electron chi connectivity index (χ3n) is 4.50. The number of aromatic nitrogens is 2. The molecule has 2 heterocycles. The van der Waals surface area contributed by atoms with Gasteiger partial charge in [-0.2, -0.15) is 4.98 Å². The van der Waals surface area contributed by atoms with Gasteiger partial charge in [0.2, 0.25) is 12.7 Å². The van der Waals surface area contributed by atoms with E-state index < -0.39 is 0 Å². The lowest BCUT2D eigenvalue weighted by atomic mass is 10.2. The molecule has 0 amide bonds. The molecule has 0 spiro atoms. The first-order chi connectivity index (χ1) is 14.7. The average molecular weight is 408 g/mol. The number of nitrogens with zero attached hydrogens (tertiary/aromatic N) is 2. The number of ether oxygens (including phenoxy) is 4. The van der Waals surface area contributed by atoms with Crippen LogP contribution in [-0.4, -0.2) is 30.5 Å². The Morgan fingerprint density at radius 3 is 2.83 bits per heavy atom. The van der Waals surface area contributed by atoms with Gasteiger partial charge in [0, 0.05) is 23.5 Å². The fraction of sp³-hybridized carbons (Fsp3) is 0.273. The summed E-state index contributed by atoms with van der Waals surface area (Å²) < 4.78 is 22.1. The minimum absolute atomic E-state index is 0.212. The van der Waals surface area contributed by atoms with E-state index in [1.54, 1.807) is 13.3 Å². The molecule has 3 aromatic rings. The molecule has 0 unspecified atom stereocenters. The van der Waals surface area contributed by atoms with E-state index >= 15 is 0 Å². The molecular formula is C22H24N4O4. The molecule has 1 aliphatic heterocycles. The highest BCUT2D eigenvalue weighted by Gasteiger charge is 2.18. The number of aryl methyl sites for hydroxylation is 1. The number of hydrogen-bond donors (Lipinski definition) is 2. The quantitative estimate of drug-likeness (QED) is 0.550. The molecule has 156 valence electrons. The third-order valence-corrected chi connectivity index (χ3v) is 4.50. The third kappa shape index (κ3) is 4.17. The van der Waals surface area contributed by atoms with E-state index in [0.717, 1.165) is 23.4 Å². The molecule has 8 heteroatoms. The Hall–Kier alpha value is -3.68. The van der Waals surface area contributed by atoms with Crippen molar-refractivity contribution in [2.75, 3.05) is 31.1 Å². The van der Waals surface area contributed by atoms with Crippen molar-refractivity contribution in [3.63, 3.8) is 0 Å². The molecule has 0 fully saturated rings. The number of nitrogens with one attached hydrogen (secondary N) is 2. The second-order valence-corrected chi connectivity index (χ2v) is 6.73. The minimum Gasteiger partial charge on any atom is -0.493 e. The highest BCUT2D eigenvalue weighted by molar-refractivity contribution is 5.71. The lowest BCUT2D eigenvalue weighted by Crippen LogP contribution is -2.04. The van der Waals surface area contributed by atoms with E-state index in [1.165, 1.54) is 0 Å². The summed E-state index contributed by atoms with van der Waals surface area (Å²) in [4.78, 5) is 9.00. The van der Waals surface area contributed by atoms with E-state index in [9.17, 15) is 0 Å². The van der Waals surface area contributed by atoms with Gasteiger partial charge in [-0.3, -0.25) is 0 Å². The van der Waals surface area contributed by atoms with Crippen LogP contribution in [0.15, 0.2) is 42.6 Å². The number of benzene rings is 2. The van der Waals surface area contributed by atoms with Crippen molar-refractivity contribution in [3.05, 3.63) is 48.2 Å². The van der Waals surface area contributed by atoms with Crippen molar-refractivity contribution < 1.29 is 18.9 Å². The van der Waals surface area contributed by atoms with Crippen LogP contribution in [0.2, 0.25) is 0 Å². The first kappa shape index (κ1) is 19.6. The highest BCUT2D eigenvalue weighted by atomic mass is 16.7. The van der Waals surface area contributed by atoms with E-state index in [-0.39, 0.29) is 6.79 Å². The summed E-state index contributed by atoms with van der Waals surface area (Å²) in [5, 5.41) is 6.53. The molecule has 1 aromatic heterocycles. The van der Waals surface area contributed by atoms with E-state index in [4.69, 9.17) is 18.9 Å². The first-order valence-corrected chi connectivity index (χ1v) is 9.75. The minimum atomic E-state index is 0.212. The molecule has 4 rings (SSSR count). The Morgan fingerprint density at radius 1 is 1.10 bits per heavy atom. The summed E-state index contributed by atoms with van der Waals surface area (Å²) in [5.41, 5.74) is 2.48. The number of anilines is 4. The van der Waals surface area contributed by atoms with Crippen LogP contribution < -0.4 is 29.6 Å². The Bertz CT molecular complexity index is 1040. The topological polar surface area (TPSA) is 86.8 Å². The SMILES string of the molecule is CCCOc1ccc(Nc2ncc(C)c(Nc3cccc4c3OCO4)n2)cc1OC. The van der Waals surface area contributed by atoms with Crippen molar-refractivity contribution in [2.24, 2.45) is 0 Å². The van der Waals surface area contributed by atoms with Gasteiger partial charge in [0.15, 0.2) is 23.0 Å². The maximum atomic E-state index is 5.70. The maximum absolute atomic E-state index is 5.70. The van der Waals surface area contributed by atoms with Crippen LogP contribution in [0.4, 0.5) is 23.1 Å². The fourth-order valence-electron chi connectivity index (χ4n) is 2.99.